The molecule has 1 spiro atoms. The molecule has 1 aromatic heterocycles. The van der Waals surface area contributed by atoms with Gasteiger partial charge < -0.3 is 4.90 Å². The van der Waals surface area contributed by atoms with Gasteiger partial charge in [0.1, 0.15) is 0 Å². The van der Waals surface area contributed by atoms with Gasteiger partial charge in [0.2, 0.25) is 5.91 Å². The van der Waals surface area contributed by atoms with Crippen LogP contribution in [-0.4, -0.2) is 52.8 Å². The zero-order chi connectivity index (χ0) is 17.7. The predicted octanol–water partition coefficient (Wildman–Crippen LogP) is 2.86. The van der Waals surface area contributed by atoms with Gasteiger partial charge >= 0.3 is 0 Å². The summed E-state index contributed by atoms with van der Waals surface area (Å²) in [6, 6.07) is 6.05. The van der Waals surface area contributed by atoms with Crippen LogP contribution in [0.3, 0.4) is 0 Å². The third-order valence-corrected chi connectivity index (χ3v) is 6.16. The number of pyridine rings is 1. The second kappa shape index (κ2) is 6.01. The van der Waals surface area contributed by atoms with Crippen molar-refractivity contribution in [2.45, 2.75) is 45.1 Å². The summed E-state index contributed by atoms with van der Waals surface area (Å²) < 4.78 is 26.3. The summed E-state index contributed by atoms with van der Waals surface area (Å²) in [5.41, 5.74) is 2.05. The molecule has 3 fully saturated rings. The van der Waals surface area contributed by atoms with Crippen molar-refractivity contribution in [3.8, 4) is 0 Å². The highest BCUT2D eigenvalue weighted by atomic mass is 19.3. The SMILES string of the molecule is Cc1cccc(CN2CCC3(CCCC3C(=O)N3CC(F)(F)C3)C2)n1. The molecule has 4 nitrogen and oxygen atoms in total. The molecule has 1 aromatic rings. The van der Waals surface area contributed by atoms with E-state index >= 15 is 0 Å². The Labute approximate surface area is 147 Å². The molecule has 0 bridgehead atoms. The number of alkyl halides is 2. The maximum atomic E-state index is 13.1. The van der Waals surface area contributed by atoms with Crippen LogP contribution >= 0.6 is 0 Å². The molecule has 1 saturated carbocycles. The van der Waals surface area contributed by atoms with Gasteiger partial charge in [-0.05, 0) is 50.3 Å². The Kier molecular flexibility index (Phi) is 4.06. The van der Waals surface area contributed by atoms with Crippen molar-refractivity contribution in [2.75, 3.05) is 26.2 Å². The van der Waals surface area contributed by atoms with Crippen LogP contribution in [0, 0.1) is 18.3 Å². The van der Waals surface area contributed by atoms with E-state index in [0.29, 0.717) is 0 Å². The number of rotatable bonds is 3. The summed E-state index contributed by atoms with van der Waals surface area (Å²) in [5.74, 6) is -2.81. The fraction of sp³-hybridized carbons (Fsp3) is 0.684. The number of nitrogens with zero attached hydrogens (tertiary/aromatic N) is 3. The van der Waals surface area contributed by atoms with Crippen LogP contribution in [0.25, 0.3) is 0 Å². The van der Waals surface area contributed by atoms with Gasteiger partial charge in [0.25, 0.3) is 5.92 Å². The van der Waals surface area contributed by atoms with Crippen molar-refractivity contribution in [2.24, 2.45) is 11.3 Å². The van der Waals surface area contributed by atoms with Crippen LogP contribution in [0.5, 0.6) is 0 Å². The van der Waals surface area contributed by atoms with Gasteiger partial charge in [-0.3, -0.25) is 14.7 Å². The average molecular weight is 349 g/mol. The molecule has 3 aliphatic rings. The van der Waals surface area contributed by atoms with Gasteiger partial charge in [-0.25, -0.2) is 8.78 Å². The lowest BCUT2D eigenvalue weighted by atomic mass is 9.76. The van der Waals surface area contributed by atoms with Crippen molar-refractivity contribution < 1.29 is 13.6 Å². The highest BCUT2D eigenvalue weighted by Gasteiger charge is 2.55. The molecule has 6 heteroatoms. The summed E-state index contributed by atoms with van der Waals surface area (Å²) in [5, 5.41) is 0. The molecular weight excluding hydrogens is 324 g/mol. The zero-order valence-electron chi connectivity index (χ0n) is 14.7. The second-order valence-electron chi connectivity index (χ2n) is 8.09. The predicted molar refractivity (Wildman–Crippen MR) is 90.2 cm³/mol. The van der Waals surface area contributed by atoms with E-state index in [0.717, 1.165) is 56.7 Å². The first kappa shape index (κ1) is 16.9. The molecule has 2 saturated heterocycles. The first-order valence-electron chi connectivity index (χ1n) is 9.18. The van der Waals surface area contributed by atoms with E-state index in [1.165, 1.54) is 4.90 Å². The number of hydrogen-bond acceptors (Lipinski definition) is 3. The summed E-state index contributed by atoms with van der Waals surface area (Å²) in [4.78, 5) is 21.1. The topological polar surface area (TPSA) is 36.4 Å². The number of halogens is 2. The molecule has 4 rings (SSSR count). The van der Waals surface area contributed by atoms with Crippen molar-refractivity contribution in [3.63, 3.8) is 0 Å². The summed E-state index contributed by atoms with van der Waals surface area (Å²) in [6.07, 6.45) is 3.89. The molecule has 2 unspecified atom stereocenters. The summed E-state index contributed by atoms with van der Waals surface area (Å²) >= 11 is 0. The monoisotopic (exact) mass is 349 g/mol. The molecule has 0 radical (unpaired) electrons. The van der Waals surface area contributed by atoms with Gasteiger partial charge in [-0.15, -0.1) is 0 Å². The highest BCUT2D eigenvalue weighted by molar-refractivity contribution is 5.81. The number of aromatic nitrogens is 1. The summed E-state index contributed by atoms with van der Waals surface area (Å²) in [6.45, 7) is 3.83. The molecule has 136 valence electrons. The van der Waals surface area contributed by atoms with E-state index in [9.17, 15) is 13.6 Å². The van der Waals surface area contributed by atoms with Crippen molar-refractivity contribution >= 4 is 5.91 Å². The number of aryl methyl sites for hydroxylation is 1. The van der Waals surface area contributed by atoms with Crippen molar-refractivity contribution in [3.05, 3.63) is 29.6 Å². The van der Waals surface area contributed by atoms with Gasteiger partial charge in [0, 0.05) is 24.7 Å². The Bertz CT molecular complexity index is 672. The van der Waals surface area contributed by atoms with Crippen LogP contribution in [-0.2, 0) is 11.3 Å². The Morgan fingerprint density at radius 3 is 2.80 bits per heavy atom. The number of amides is 1. The standard InChI is InChI=1S/C19H25F2N3O/c1-14-4-2-5-15(22-14)10-23-9-8-18(11-23)7-3-6-16(18)17(25)24-12-19(20,21)13-24/h2,4-5,16H,3,6-13H2,1H3. The van der Waals surface area contributed by atoms with Gasteiger partial charge in [-0.2, -0.15) is 0 Å². The van der Waals surface area contributed by atoms with Crippen LogP contribution in [0.4, 0.5) is 8.78 Å². The van der Waals surface area contributed by atoms with E-state index in [1.807, 2.05) is 25.1 Å². The smallest absolute Gasteiger partial charge is 0.282 e. The Hall–Kier alpha value is -1.56. The van der Waals surface area contributed by atoms with Crippen LogP contribution in [0.2, 0.25) is 0 Å². The van der Waals surface area contributed by atoms with E-state index in [-0.39, 0.29) is 17.2 Å². The largest absolute Gasteiger partial charge is 0.330 e. The van der Waals surface area contributed by atoms with Gasteiger partial charge in [0.15, 0.2) is 0 Å². The Morgan fingerprint density at radius 1 is 1.28 bits per heavy atom. The minimum atomic E-state index is -2.68. The maximum Gasteiger partial charge on any atom is 0.282 e. The first-order chi connectivity index (χ1) is 11.9. The van der Waals surface area contributed by atoms with Crippen LogP contribution < -0.4 is 0 Å². The number of carbonyl (C=O) groups excluding carboxylic acids is 1. The highest BCUT2D eigenvalue weighted by Crippen LogP contribution is 2.51. The minimum absolute atomic E-state index is 0.0220. The summed E-state index contributed by atoms with van der Waals surface area (Å²) in [7, 11) is 0. The van der Waals surface area contributed by atoms with E-state index < -0.39 is 19.0 Å². The van der Waals surface area contributed by atoms with Gasteiger partial charge in [-0.1, -0.05) is 12.5 Å². The van der Waals surface area contributed by atoms with E-state index in [2.05, 4.69) is 9.88 Å². The number of carbonyl (C=O) groups is 1. The number of hydrogen-bond donors (Lipinski definition) is 0. The van der Waals surface area contributed by atoms with Crippen LogP contribution in [0.15, 0.2) is 18.2 Å². The minimum Gasteiger partial charge on any atom is -0.330 e. The fourth-order valence-corrected chi connectivity index (χ4v) is 4.94. The molecule has 0 N–H and O–H groups in total. The van der Waals surface area contributed by atoms with Crippen molar-refractivity contribution in [1.82, 2.24) is 14.8 Å². The molecule has 0 aromatic carbocycles. The zero-order valence-corrected chi connectivity index (χ0v) is 14.7. The second-order valence-corrected chi connectivity index (χ2v) is 8.09. The lowest BCUT2D eigenvalue weighted by molar-refractivity contribution is -0.172. The Morgan fingerprint density at radius 2 is 2.08 bits per heavy atom. The fourth-order valence-electron chi connectivity index (χ4n) is 4.94. The lowest BCUT2D eigenvalue weighted by Gasteiger charge is -2.42. The van der Waals surface area contributed by atoms with E-state index in [4.69, 9.17) is 0 Å². The lowest BCUT2D eigenvalue weighted by Crippen LogP contribution is -2.60. The number of likely N-dealkylation sites (tertiary alicyclic amines) is 2. The molecule has 25 heavy (non-hydrogen) atoms. The van der Waals surface area contributed by atoms with Gasteiger partial charge in [0.05, 0.1) is 18.8 Å². The molecule has 2 atom stereocenters. The molecule has 3 heterocycles. The molecule has 1 aliphatic carbocycles. The van der Waals surface area contributed by atoms with E-state index in [1.54, 1.807) is 0 Å². The molecule has 2 aliphatic heterocycles. The quantitative estimate of drug-likeness (QED) is 0.842. The Balaban J connectivity index is 1.42. The van der Waals surface area contributed by atoms with Crippen LogP contribution in [0.1, 0.15) is 37.1 Å². The normalized spacial score (nSPS) is 31.5. The van der Waals surface area contributed by atoms with Crippen molar-refractivity contribution in [1.29, 1.82) is 0 Å². The molecular formula is C19H25F2N3O. The average Bonchev–Trinajstić information content (AvgIpc) is 3.12. The third kappa shape index (κ3) is 3.16. The molecule has 1 amide bonds. The maximum absolute atomic E-state index is 13.1. The third-order valence-electron chi connectivity index (χ3n) is 6.16. The first-order valence-corrected chi connectivity index (χ1v) is 9.18.